The van der Waals surface area contributed by atoms with Gasteiger partial charge in [0, 0.05) is 13.1 Å². The number of hydrogen-bond acceptors (Lipinski definition) is 4. The maximum absolute atomic E-state index is 11.4. The van der Waals surface area contributed by atoms with Crippen molar-refractivity contribution in [1.82, 2.24) is 10.2 Å². The number of nitrogens with zero attached hydrogens (tertiary/aromatic N) is 1. The maximum atomic E-state index is 11.4. The lowest BCUT2D eigenvalue weighted by molar-refractivity contribution is 0.0270. The number of rotatable bonds is 0. The zero-order valence-electron chi connectivity index (χ0n) is 12.6. The lowest BCUT2D eigenvalue weighted by atomic mass is 10.2. The topological polar surface area (TPSA) is 61.8 Å². The maximum Gasteiger partial charge on any atom is 0.410 e. The minimum Gasteiger partial charge on any atom is -0.444 e. The highest BCUT2D eigenvalue weighted by molar-refractivity contribution is 5.68. The van der Waals surface area contributed by atoms with Crippen molar-refractivity contribution in [3.8, 4) is 0 Å². The molecular weight excluding hydrogens is 244 g/mol. The summed E-state index contributed by atoms with van der Waals surface area (Å²) in [6.07, 6.45) is 1.32. The first-order chi connectivity index (χ1) is 8.78. The highest BCUT2D eigenvalue weighted by Gasteiger charge is 2.28. The van der Waals surface area contributed by atoms with E-state index >= 15 is 0 Å². The standard InChI is InChI=1S/C9H17NO3.C5H11N/c1-9(2,3)13-8(12)10-5-4-7(11)6-10;1-5-2-3-6-4-5/h7,11H,4-6H2,1-3H3;5-6H,2-4H2,1H3/t7-;5-/m10/s1. The van der Waals surface area contributed by atoms with Crippen molar-refractivity contribution in [1.29, 1.82) is 0 Å². The summed E-state index contributed by atoms with van der Waals surface area (Å²) in [6.45, 7) is 11.2. The van der Waals surface area contributed by atoms with E-state index in [-0.39, 0.29) is 12.2 Å². The molecule has 2 N–H and O–H groups in total. The Kier molecular flexibility index (Phi) is 6.07. The second kappa shape index (κ2) is 7.10. The molecule has 2 fully saturated rings. The van der Waals surface area contributed by atoms with Crippen LogP contribution >= 0.6 is 0 Å². The van der Waals surface area contributed by atoms with Crippen LogP contribution in [0, 0.1) is 5.92 Å². The molecule has 5 heteroatoms. The number of amides is 1. The first kappa shape index (κ1) is 16.2. The van der Waals surface area contributed by atoms with Crippen LogP contribution in [0.4, 0.5) is 4.79 Å². The summed E-state index contributed by atoms with van der Waals surface area (Å²) in [5.41, 5.74) is -0.454. The van der Waals surface area contributed by atoms with E-state index in [1.165, 1.54) is 24.4 Å². The van der Waals surface area contributed by atoms with Crippen LogP contribution in [0.2, 0.25) is 0 Å². The molecule has 112 valence electrons. The van der Waals surface area contributed by atoms with E-state index in [1.54, 1.807) is 0 Å². The molecule has 0 aromatic heterocycles. The van der Waals surface area contributed by atoms with Crippen molar-refractivity contribution in [2.75, 3.05) is 26.2 Å². The summed E-state index contributed by atoms with van der Waals surface area (Å²) in [7, 11) is 0. The highest BCUT2D eigenvalue weighted by Crippen LogP contribution is 2.14. The fraction of sp³-hybridized carbons (Fsp3) is 0.929. The van der Waals surface area contributed by atoms with Gasteiger partial charge in [-0.05, 0) is 52.6 Å². The molecule has 2 atom stereocenters. The molecule has 5 nitrogen and oxygen atoms in total. The van der Waals surface area contributed by atoms with E-state index in [0.717, 1.165) is 5.92 Å². The Balaban J connectivity index is 0.000000250. The van der Waals surface area contributed by atoms with E-state index in [2.05, 4.69) is 12.2 Å². The van der Waals surface area contributed by atoms with E-state index in [9.17, 15) is 9.90 Å². The van der Waals surface area contributed by atoms with Gasteiger partial charge in [0.25, 0.3) is 0 Å². The quantitative estimate of drug-likeness (QED) is 0.703. The van der Waals surface area contributed by atoms with Gasteiger partial charge in [-0.25, -0.2) is 4.79 Å². The molecule has 0 spiro atoms. The van der Waals surface area contributed by atoms with Gasteiger partial charge in [0.05, 0.1) is 6.10 Å². The molecule has 1 amide bonds. The van der Waals surface area contributed by atoms with Gasteiger partial charge in [0.1, 0.15) is 5.60 Å². The number of β-amino-alcohol motifs (C(OH)–C–C–N with tert-alkyl or cyclic N) is 1. The van der Waals surface area contributed by atoms with Crippen LogP contribution in [-0.2, 0) is 4.74 Å². The van der Waals surface area contributed by atoms with E-state index in [1.807, 2.05) is 20.8 Å². The van der Waals surface area contributed by atoms with Crippen LogP contribution in [0.3, 0.4) is 0 Å². The predicted octanol–water partition coefficient (Wildman–Crippen LogP) is 1.60. The van der Waals surface area contributed by atoms with Gasteiger partial charge in [-0.1, -0.05) is 6.92 Å². The second-order valence-electron chi connectivity index (χ2n) is 6.47. The van der Waals surface area contributed by atoms with Gasteiger partial charge in [-0.3, -0.25) is 0 Å². The lowest BCUT2D eigenvalue weighted by Crippen LogP contribution is -2.35. The zero-order valence-corrected chi connectivity index (χ0v) is 12.6. The molecule has 2 saturated heterocycles. The fourth-order valence-corrected chi connectivity index (χ4v) is 2.03. The minimum absolute atomic E-state index is 0.330. The molecular formula is C14H28N2O3. The third kappa shape index (κ3) is 6.78. The normalized spacial score (nSPS) is 26.9. The van der Waals surface area contributed by atoms with Crippen LogP contribution in [0.1, 0.15) is 40.5 Å². The second-order valence-corrected chi connectivity index (χ2v) is 6.47. The molecule has 0 bridgehead atoms. The molecule has 2 aliphatic heterocycles. The van der Waals surface area contributed by atoms with Crippen LogP contribution in [0.25, 0.3) is 0 Å². The molecule has 0 aromatic carbocycles. The largest absolute Gasteiger partial charge is 0.444 e. The van der Waals surface area contributed by atoms with E-state index in [4.69, 9.17) is 4.74 Å². The third-order valence-electron chi connectivity index (χ3n) is 3.12. The van der Waals surface area contributed by atoms with Gasteiger partial charge in [-0.15, -0.1) is 0 Å². The summed E-state index contributed by atoms with van der Waals surface area (Å²) >= 11 is 0. The molecule has 0 unspecified atom stereocenters. The molecule has 0 aliphatic carbocycles. The van der Waals surface area contributed by atoms with Crippen molar-refractivity contribution < 1.29 is 14.6 Å². The number of carbonyl (C=O) groups is 1. The SMILES string of the molecule is CC(C)(C)OC(=O)N1CC[C@@H](O)C1.C[C@H]1CCNC1. The van der Waals surface area contributed by atoms with Crippen molar-refractivity contribution in [3.63, 3.8) is 0 Å². The average molecular weight is 272 g/mol. The molecule has 19 heavy (non-hydrogen) atoms. The number of nitrogens with one attached hydrogen (secondary N) is 1. The van der Waals surface area contributed by atoms with Crippen LogP contribution in [0.5, 0.6) is 0 Å². The van der Waals surface area contributed by atoms with Crippen LogP contribution in [0.15, 0.2) is 0 Å². The van der Waals surface area contributed by atoms with E-state index in [0.29, 0.717) is 19.5 Å². The monoisotopic (exact) mass is 272 g/mol. The lowest BCUT2D eigenvalue weighted by Gasteiger charge is -2.24. The molecule has 2 aliphatic rings. The first-order valence-corrected chi connectivity index (χ1v) is 7.14. The Labute approximate surface area is 116 Å². The van der Waals surface area contributed by atoms with Gasteiger partial charge in [-0.2, -0.15) is 0 Å². The first-order valence-electron chi connectivity index (χ1n) is 7.14. The number of hydrogen-bond donors (Lipinski definition) is 2. The van der Waals surface area contributed by atoms with Crippen LogP contribution < -0.4 is 5.32 Å². The molecule has 0 saturated carbocycles. The average Bonchev–Trinajstić information content (AvgIpc) is 2.88. The Morgan fingerprint density at radius 3 is 2.37 bits per heavy atom. The summed E-state index contributed by atoms with van der Waals surface area (Å²) in [6, 6.07) is 0. The number of aliphatic hydroxyl groups is 1. The summed E-state index contributed by atoms with van der Waals surface area (Å²) in [5, 5.41) is 12.5. The number of aliphatic hydroxyl groups excluding tert-OH is 1. The molecule has 0 radical (unpaired) electrons. The zero-order chi connectivity index (χ0) is 14.5. The summed E-state index contributed by atoms with van der Waals surface area (Å²) < 4.78 is 5.15. The minimum atomic E-state index is -0.454. The predicted molar refractivity (Wildman–Crippen MR) is 75.1 cm³/mol. The molecule has 2 heterocycles. The highest BCUT2D eigenvalue weighted by atomic mass is 16.6. The molecule has 2 rings (SSSR count). The third-order valence-corrected chi connectivity index (χ3v) is 3.12. The smallest absolute Gasteiger partial charge is 0.410 e. The number of likely N-dealkylation sites (tertiary alicyclic amines) is 1. The Morgan fingerprint density at radius 2 is 2.05 bits per heavy atom. The Bertz CT molecular complexity index is 283. The number of carbonyl (C=O) groups excluding carboxylic acids is 1. The summed E-state index contributed by atoms with van der Waals surface area (Å²) in [5.74, 6) is 0.935. The molecule has 0 aromatic rings. The Morgan fingerprint density at radius 1 is 1.37 bits per heavy atom. The van der Waals surface area contributed by atoms with Crippen molar-refractivity contribution in [2.45, 2.75) is 52.2 Å². The summed E-state index contributed by atoms with van der Waals surface area (Å²) in [4.78, 5) is 12.9. The van der Waals surface area contributed by atoms with Gasteiger partial charge in [0.15, 0.2) is 0 Å². The van der Waals surface area contributed by atoms with Crippen LogP contribution in [-0.4, -0.2) is 54.0 Å². The van der Waals surface area contributed by atoms with Gasteiger partial charge >= 0.3 is 6.09 Å². The van der Waals surface area contributed by atoms with Crippen molar-refractivity contribution >= 4 is 6.09 Å². The van der Waals surface area contributed by atoms with E-state index < -0.39 is 5.60 Å². The Hall–Kier alpha value is -0.810. The van der Waals surface area contributed by atoms with Crippen molar-refractivity contribution in [3.05, 3.63) is 0 Å². The van der Waals surface area contributed by atoms with Gasteiger partial charge < -0.3 is 20.1 Å². The van der Waals surface area contributed by atoms with Crippen molar-refractivity contribution in [2.24, 2.45) is 5.92 Å². The fourth-order valence-electron chi connectivity index (χ4n) is 2.03. The van der Waals surface area contributed by atoms with Gasteiger partial charge in [0.2, 0.25) is 0 Å². The number of ether oxygens (including phenoxy) is 1.